The van der Waals surface area contributed by atoms with Gasteiger partial charge in [-0.3, -0.25) is 4.79 Å². The topological polar surface area (TPSA) is 29.5 Å². The smallest absolute Gasteiger partial charge is 0.222 e. The number of hydrogen-bond donors (Lipinski definition) is 0. The first kappa shape index (κ1) is 15.3. The van der Waals surface area contributed by atoms with Gasteiger partial charge in [0.15, 0.2) is 0 Å². The van der Waals surface area contributed by atoms with Crippen LogP contribution >= 0.6 is 15.9 Å². The third-order valence-electron chi connectivity index (χ3n) is 4.41. The van der Waals surface area contributed by atoms with Gasteiger partial charge in [-0.1, -0.05) is 35.2 Å². The maximum Gasteiger partial charge on any atom is 0.222 e. The Labute approximate surface area is 125 Å². The van der Waals surface area contributed by atoms with E-state index in [-0.39, 0.29) is 0 Å². The zero-order valence-corrected chi connectivity index (χ0v) is 13.4. The monoisotopic (exact) mass is 331 g/mol. The van der Waals surface area contributed by atoms with Crippen LogP contribution in [-0.2, 0) is 9.53 Å². The van der Waals surface area contributed by atoms with Gasteiger partial charge in [-0.05, 0) is 31.6 Å². The Bertz CT molecular complexity index is 271. The van der Waals surface area contributed by atoms with Gasteiger partial charge in [0, 0.05) is 24.8 Å². The van der Waals surface area contributed by atoms with E-state index in [0.717, 1.165) is 44.3 Å². The van der Waals surface area contributed by atoms with Crippen molar-refractivity contribution in [3.63, 3.8) is 0 Å². The normalized spacial score (nSPS) is 22.7. The second kappa shape index (κ2) is 8.25. The minimum Gasteiger partial charge on any atom is -0.377 e. The number of likely N-dealkylation sites (tertiary alicyclic amines) is 1. The molecule has 0 radical (unpaired) electrons. The molecule has 1 saturated heterocycles. The molecule has 0 bridgehead atoms. The summed E-state index contributed by atoms with van der Waals surface area (Å²) in [5.74, 6) is 1.04. The van der Waals surface area contributed by atoms with Crippen LogP contribution in [0.3, 0.4) is 0 Å². The SMILES string of the molecule is O=C(CC1CCCCC1)N1CCC(OCCBr)CC1. The fraction of sp³-hybridized carbons (Fsp3) is 0.933. The van der Waals surface area contributed by atoms with Crippen LogP contribution in [0, 0.1) is 5.92 Å². The molecule has 4 heteroatoms. The van der Waals surface area contributed by atoms with Crippen molar-refractivity contribution in [2.45, 2.75) is 57.5 Å². The predicted molar refractivity (Wildman–Crippen MR) is 80.5 cm³/mol. The highest BCUT2D eigenvalue weighted by Crippen LogP contribution is 2.27. The van der Waals surface area contributed by atoms with E-state index >= 15 is 0 Å². The van der Waals surface area contributed by atoms with Gasteiger partial charge in [-0.25, -0.2) is 0 Å². The zero-order valence-electron chi connectivity index (χ0n) is 11.8. The third-order valence-corrected chi connectivity index (χ3v) is 4.74. The first-order valence-electron chi connectivity index (χ1n) is 7.75. The molecular formula is C15H26BrNO2. The summed E-state index contributed by atoms with van der Waals surface area (Å²) in [5, 5.41) is 0.897. The number of amides is 1. The van der Waals surface area contributed by atoms with Gasteiger partial charge in [-0.15, -0.1) is 0 Å². The van der Waals surface area contributed by atoms with Gasteiger partial charge in [0.25, 0.3) is 0 Å². The fourth-order valence-corrected chi connectivity index (χ4v) is 3.44. The summed E-state index contributed by atoms with van der Waals surface area (Å²) >= 11 is 3.38. The molecule has 0 spiro atoms. The molecule has 2 rings (SSSR count). The molecule has 2 aliphatic rings. The van der Waals surface area contributed by atoms with Crippen LogP contribution in [0.5, 0.6) is 0 Å². The molecular weight excluding hydrogens is 306 g/mol. The lowest BCUT2D eigenvalue weighted by atomic mass is 9.86. The Morgan fingerprint density at radius 1 is 1.11 bits per heavy atom. The number of piperidine rings is 1. The van der Waals surface area contributed by atoms with Crippen LogP contribution in [0.15, 0.2) is 0 Å². The Morgan fingerprint density at radius 3 is 2.42 bits per heavy atom. The first-order chi connectivity index (χ1) is 9.29. The zero-order chi connectivity index (χ0) is 13.5. The Morgan fingerprint density at radius 2 is 1.79 bits per heavy atom. The molecule has 0 aromatic heterocycles. The average molecular weight is 332 g/mol. The highest BCUT2D eigenvalue weighted by Gasteiger charge is 2.25. The predicted octanol–water partition coefficient (Wildman–Crippen LogP) is 3.36. The fourth-order valence-electron chi connectivity index (χ4n) is 3.25. The standard InChI is InChI=1S/C15H26BrNO2/c16-8-11-19-14-6-9-17(10-7-14)15(18)12-13-4-2-1-3-5-13/h13-14H,1-12H2. The molecule has 1 heterocycles. The van der Waals surface area contributed by atoms with E-state index in [1.807, 2.05) is 0 Å². The van der Waals surface area contributed by atoms with Crippen molar-refractivity contribution in [3.05, 3.63) is 0 Å². The molecule has 0 N–H and O–H groups in total. The van der Waals surface area contributed by atoms with Crippen LogP contribution in [-0.4, -0.2) is 41.9 Å². The number of alkyl halides is 1. The number of nitrogens with zero attached hydrogens (tertiary/aromatic N) is 1. The number of carbonyl (C=O) groups is 1. The van der Waals surface area contributed by atoms with Crippen LogP contribution in [0.1, 0.15) is 51.4 Å². The van der Waals surface area contributed by atoms with E-state index in [9.17, 15) is 4.79 Å². The Kier molecular flexibility index (Phi) is 6.65. The van der Waals surface area contributed by atoms with E-state index in [1.165, 1.54) is 32.1 Å². The summed E-state index contributed by atoms with van der Waals surface area (Å²) in [6, 6.07) is 0. The molecule has 0 aromatic rings. The summed E-state index contributed by atoms with van der Waals surface area (Å²) in [4.78, 5) is 14.3. The van der Waals surface area contributed by atoms with Crippen LogP contribution in [0.25, 0.3) is 0 Å². The van der Waals surface area contributed by atoms with Crippen molar-refractivity contribution in [2.75, 3.05) is 25.0 Å². The Balaban J connectivity index is 1.67. The van der Waals surface area contributed by atoms with E-state index in [2.05, 4.69) is 20.8 Å². The number of halogens is 1. The maximum absolute atomic E-state index is 12.3. The highest BCUT2D eigenvalue weighted by atomic mass is 79.9. The van der Waals surface area contributed by atoms with Crippen molar-refractivity contribution in [2.24, 2.45) is 5.92 Å². The second-order valence-electron chi connectivity index (χ2n) is 5.85. The summed E-state index contributed by atoms with van der Waals surface area (Å²) < 4.78 is 5.73. The van der Waals surface area contributed by atoms with Crippen molar-refractivity contribution in [1.29, 1.82) is 0 Å². The minimum atomic E-state index is 0.358. The van der Waals surface area contributed by atoms with Crippen molar-refractivity contribution < 1.29 is 9.53 Å². The largest absolute Gasteiger partial charge is 0.377 e. The van der Waals surface area contributed by atoms with Crippen LogP contribution < -0.4 is 0 Å². The molecule has 0 unspecified atom stereocenters. The molecule has 110 valence electrons. The van der Waals surface area contributed by atoms with Gasteiger partial charge in [0.2, 0.25) is 5.91 Å². The lowest BCUT2D eigenvalue weighted by molar-refractivity contribution is -0.135. The molecule has 0 aromatic carbocycles. The lowest BCUT2D eigenvalue weighted by Crippen LogP contribution is -2.41. The van der Waals surface area contributed by atoms with Crippen LogP contribution in [0.4, 0.5) is 0 Å². The molecule has 1 aliphatic heterocycles. The number of ether oxygens (including phenoxy) is 1. The maximum atomic E-state index is 12.3. The first-order valence-corrected chi connectivity index (χ1v) is 8.87. The van der Waals surface area contributed by atoms with Crippen LogP contribution in [0.2, 0.25) is 0 Å². The van der Waals surface area contributed by atoms with Gasteiger partial charge in [-0.2, -0.15) is 0 Å². The highest BCUT2D eigenvalue weighted by molar-refractivity contribution is 9.09. The van der Waals surface area contributed by atoms with Crippen molar-refractivity contribution in [3.8, 4) is 0 Å². The summed E-state index contributed by atoms with van der Waals surface area (Å²) in [7, 11) is 0. The van der Waals surface area contributed by atoms with E-state index in [1.54, 1.807) is 0 Å². The molecule has 1 amide bonds. The summed E-state index contributed by atoms with van der Waals surface area (Å²) in [6.45, 7) is 2.55. The van der Waals surface area contributed by atoms with E-state index in [4.69, 9.17) is 4.74 Å². The van der Waals surface area contributed by atoms with Gasteiger partial charge in [0.05, 0.1) is 12.7 Å². The molecule has 1 saturated carbocycles. The number of rotatable bonds is 5. The lowest BCUT2D eigenvalue weighted by Gasteiger charge is -2.33. The number of carbonyl (C=O) groups excluding carboxylic acids is 1. The number of hydrogen-bond acceptors (Lipinski definition) is 2. The summed E-state index contributed by atoms with van der Waals surface area (Å²) in [6.07, 6.45) is 9.67. The van der Waals surface area contributed by atoms with E-state index in [0.29, 0.717) is 17.9 Å². The Hall–Kier alpha value is -0.0900. The van der Waals surface area contributed by atoms with E-state index < -0.39 is 0 Å². The second-order valence-corrected chi connectivity index (χ2v) is 6.64. The molecule has 0 atom stereocenters. The van der Waals surface area contributed by atoms with Gasteiger partial charge < -0.3 is 9.64 Å². The van der Waals surface area contributed by atoms with Crippen molar-refractivity contribution in [1.82, 2.24) is 4.90 Å². The third kappa shape index (κ3) is 5.07. The molecule has 19 heavy (non-hydrogen) atoms. The summed E-state index contributed by atoms with van der Waals surface area (Å²) in [5.41, 5.74) is 0. The molecule has 3 nitrogen and oxygen atoms in total. The minimum absolute atomic E-state index is 0.358. The quantitative estimate of drug-likeness (QED) is 0.723. The molecule has 1 aliphatic carbocycles. The van der Waals surface area contributed by atoms with Crippen molar-refractivity contribution >= 4 is 21.8 Å². The molecule has 2 fully saturated rings. The van der Waals surface area contributed by atoms with Gasteiger partial charge in [0.1, 0.15) is 0 Å². The average Bonchev–Trinajstić information content (AvgIpc) is 2.46. The van der Waals surface area contributed by atoms with Gasteiger partial charge >= 0.3 is 0 Å².